The van der Waals surface area contributed by atoms with Crippen molar-refractivity contribution in [1.29, 1.82) is 0 Å². The van der Waals surface area contributed by atoms with Gasteiger partial charge in [0.2, 0.25) is 0 Å². The first-order valence-corrected chi connectivity index (χ1v) is 9.36. The van der Waals surface area contributed by atoms with E-state index in [-0.39, 0.29) is 17.5 Å². The van der Waals surface area contributed by atoms with Crippen LogP contribution < -0.4 is 5.56 Å². The van der Waals surface area contributed by atoms with Crippen LogP contribution in [-0.2, 0) is 13.5 Å². The number of thiophene rings is 2. The lowest BCUT2D eigenvalue weighted by Gasteiger charge is -2.35. The van der Waals surface area contributed by atoms with Gasteiger partial charge >= 0.3 is 0 Å². The van der Waals surface area contributed by atoms with Gasteiger partial charge in [-0.05, 0) is 40.9 Å². The van der Waals surface area contributed by atoms with Gasteiger partial charge in [-0.3, -0.25) is 9.59 Å². The third-order valence-corrected chi connectivity index (χ3v) is 6.14. The van der Waals surface area contributed by atoms with E-state index in [4.69, 9.17) is 0 Å². The molecule has 1 amide bonds. The molecule has 0 saturated heterocycles. The molecule has 1 atom stereocenters. The van der Waals surface area contributed by atoms with Gasteiger partial charge in [0, 0.05) is 29.4 Å². The van der Waals surface area contributed by atoms with Gasteiger partial charge in [-0.25, -0.2) is 4.68 Å². The average molecular weight is 357 g/mol. The first kappa shape index (κ1) is 15.3. The maximum atomic E-state index is 13.1. The van der Waals surface area contributed by atoms with Crippen LogP contribution in [0.15, 0.2) is 45.9 Å². The number of carbonyl (C=O) groups is 1. The zero-order valence-electron chi connectivity index (χ0n) is 13.0. The van der Waals surface area contributed by atoms with Crippen molar-refractivity contribution in [3.05, 3.63) is 72.5 Å². The lowest BCUT2D eigenvalue weighted by Crippen LogP contribution is -2.40. The third kappa shape index (κ3) is 2.50. The summed E-state index contributed by atoms with van der Waals surface area (Å²) in [5.74, 6) is -0.138. The van der Waals surface area contributed by atoms with Gasteiger partial charge in [-0.15, -0.1) is 22.7 Å². The number of rotatable bonds is 2. The molecule has 7 heteroatoms. The predicted molar refractivity (Wildman–Crippen MR) is 94.7 cm³/mol. The van der Waals surface area contributed by atoms with Gasteiger partial charge in [0.05, 0.1) is 6.04 Å². The first-order valence-electron chi connectivity index (χ1n) is 7.60. The van der Waals surface area contributed by atoms with Crippen LogP contribution in [-0.4, -0.2) is 27.1 Å². The SMILES string of the molecule is Cn1nc(C(=O)N2CCc3sccc3[C@@H]2c2cccs2)ccc1=O. The Bertz CT molecular complexity index is 943. The van der Waals surface area contributed by atoms with Crippen LogP contribution in [0.25, 0.3) is 0 Å². The van der Waals surface area contributed by atoms with Crippen molar-refractivity contribution in [1.82, 2.24) is 14.7 Å². The molecule has 3 aromatic heterocycles. The van der Waals surface area contributed by atoms with Crippen molar-refractivity contribution >= 4 is 28.6 Å². The Morgan fingerprint density at radius 2 is 2.08 bits per heavy atom. The van der Waals surface area contributed by atoms with Crippen molar-refractivity contribution < 1.29 is 4.79 Å². The Balaban J connectivity index is 1.77. The van der Waals surface area contributed by atoms with E-state index in [0.29, 0.717) is 12.2 Å². The van der Waals surface area contributed by atoms with E-state index in [1.54, 1.807) is 29.7 Å². The van der Waals surface area contributed by atoms with Crippen molar-refractivity contribution in [3.63, 3.8) is 0 Å². The summed E-state index contributed by atoms with van der Waals surface area (Å²) in [5, 5.41) is 8.24. The highest BCUT2D eigenvalue weighted by Gasteiger charge is 2.34. The Labute approximate surface area is 146 Å². The Morgan fingerprint density at radius 1 is 1.21 bits per heavy atom. The molecule has 0 bridgehead atoms. The summed E-state index contributed by atoms with van der Waals surface area (Å²) in [7, 11) is 1.56. The lowest BCUT2D eigenvalue weighted by atomic mass is 9.98. The number of amides is 1. The van der Waals surface area contributed by atoms with Crippen LogP contribution in [0.2, 0.25) is 0 Å². The number of fused-ring (bicyclic) bond motifs is 1. The summed E-state index contributed by atoms with van der Waals surface area (Å²) >= 11 is 3.40. The zero-order valence-corrected chi connectivity index (χ0v) is 14.6. The maximum absolute atomic E-state index is 13.1. The van der Waals surface area contributed by atoms with E-state index in [0.717, 1.165) is 11.3 Å². The number of nitrogens with zero attached hydrogens (tertiary/aromatic N) is 3. The van der Waals surface area contributed by atoms with Gasteiger partial charge in [-0.1, -0.05) is 6.07 Å². The molecule has 4 heterocycles. The fraction of sp³-hybridized carbons (Fsp3) is 0.235. The molecule has 0 N–H and O–H groups in total. The van der Waals surface area contributed by atoms with Crippen LogP contribution in [0.1, 0.15) is 31.8 Å². The first-order chi connectivity index (χ1) is 11.6. The summed E-state index contributed by atoms with van der Waals surface area (Å²) in [5.41, 5.74) is 1.28. The standard InChI is InChI=1S/C17H15N3O2S2/c1-19-15(21)5-4-12(18-19)17(22)20-8-6-13-11(7-10-24-13)16(20)14-3-2-9-23-14/h2-5,7,9-10,16H,6,8H2,1H3/t16-/m1/s1. The molecule has 0 saturated carbocycles. The quantitative estimate of drug-likeness (QED) is 0.709. The normalized spacial score (nSPS) is 16.9. The topological polar surface area (TPSA) is 55.2 Å². The Morgan fingerprint density at radius 3 is 2.83 bits per heavy atom. The van der Waals surface area contributed by atoms with Crippen molar-refractivity contribution in [2.24, 2.45) is 7.05 Å². The maximum Gasteiger partial charge on any atom is 0.275 e. The molecule has 24 heavy (non-hydrogen) atoms. The van der Waals surface area contributed by atoms with Crippen molar-refractivity contribution in [2.45, 2.75) is 12.5 Å². The van der Waals surface area contributed by atoms with E-state index in [2.05, 4.69) is 22.6 Å². The molecule has 1 aliphatic heterocycles. The molecule has 0 aliphatic carbocycles. The van der Waals surface area contributed by atoms with E-state index < -0.39 is 0 Å². The molecule has 122 valence electrons. The van der Waals surface area contributed by atoms with Crippen LogP contribution in [0.3, 0.4) is 0 Å². The third-order valence-electron chi connectivity index (χ3n) is 4.22. The Kier molecular flexibility index (Phi) is 3.82. The predicted octanol–water partition coefficient (Wildman–Crippen LogP) is 2.69. The van der Waals surface area contributed by atoms with E-state index in [1.807, 2.05) is 16.3 Å². The van der Waals surface area contributed by atoms with Crippen molar-refractivity contribution in [3.8, 4) is 0 Å². The zero-order chi connectivity index (χ0) is 16.7. The molecule has 0 unspecified atom stereocenters. The molecule has 1 aliphatic rings. The summed E-state index contributed by atoms with van der Waals surface area (Å²) in [6, 6.07) is 9.01. The van der Waals surface area contributed by atoms with Crippen LogP contribution in [0.4, 0.5) is 0 Å². The summed E-state index contributed by atoms with van der Waals surface area (Å²) in [4.78, 5) is 28.9. The van der Waals surface area contributed by atoms with Gasteiger partial charge in [-0.2, -0.15) is 5.10 Å². The fourth-order valence-corrected chi connectivity index (χ4v) is 4.81. The highest BCUT2D eigenvalue weighted by Crippen LogP contribution is 2.39. The molecule has 0 fully saturated rings. The summed E-state index contributed by atoms with van der Waals surface area (Å²) in [6.07, 6.45) is 0.854. The second-order valence-electron chi connectivity index (χ2n) is 5.65. The van der Waals surface area contributed by atoms with E-state index in [9.17, 15) is 9.59 Å². The number of aryl methyl sites for hydroxylation is 1. The molecule has 0 radical (unpaired) electrons. The van der Waals surface area contributed by atoms with Gasteiger partial charge in [0.25, 0.3) is 11.5 Å². The lowest BCUT2D eigenvalue weighted by molar-refractivity contribution is 0.0690. The molecule has 0 spiro atoms. The van der Waals surface area contributed by atoms with Crippen LogP contribution >= 0.6 is 22.7 Å². The number of hydrogen-bond acceptors (Lipinski definition) is 5. The number of aromatic nitrogens is 2. The van der Waals surface area contributed by atoms with Gasteiger partial charge < -0.3 is 4.90 Å². The van der Waals surface area contributed by atoms with Crippen LogP contribution in [0.5, 0.6) is 0 Å². The largest absolute Gasteiger partial charge is 0.325 e. The number of carbonyl (C=O) groups excluding carboxylic acids is 1. The fourth-order valence-electron chi connectivity index (χ4n) is 3.05. The highest BCUT2D eigenvalue weighted by molar-refractivity contribution is 7.10. The highest BCUT2D eigenvalue weighted by atomic mass is 32.1. The monoisotopic (exact) mass is 357 g/mol. The van der Waals surface area contributed by atoms with Gasteiger partial charge in [0.15, 0.2) is 0 Å². The minimum atomic E-state index is -0.222. The summed E-state index contributed by atoms with van der Waals surface area (Å²) < 4.78 is 1.20. The molecule has 5 nitrogen and oxygen atoms in total. The van der Waals surface area contributed by atoms with Crippen molar-refractivity contribution in [2.75, 3.05) is 6.54 Å². The minimum Gasteiger partial charge on any atom is -0.325 e. The molecular weight excluding hydrogens is 342 g/mol. The van der Waals surface area contributed by atoms with E-state index >= 15 is 0 Å². The van der Waals surface area contributed by atoms with Crippen LogP contribution in [0, 0.1) is 0 Å². The summed E-state index contributed by atoms with van der Waals surface area (Å²) in [6.45, 7) is 0.652. The Hall–Kier alpha value is -2.25. The second-order valence-corrected chi connectivity index (χ2v) is 7.63. The molecule has 0 aromatic carbocycles. The minimum absolute atomic E-state index is 0.0773. The smallest absolute Gasteiger partial charge is 0.275 e. The van der Waals surface area contributed by atoms with E-state index in [1.165, 1.54) is 27.3 Å². The van der Waals surface area contributed by atoms with Gasteiger partial charge in [0.1, 0.15) is 5.69 Å². The second kappa shape index (κ2) is 5.99. The molecule has 3 aromatic rings. The number of hydrogen-bond donors (Lipinski definition) is 0. The molecular formula is C17H15N3O2S2. The molecule has 4 rings (SSSR count). The average Bonchev–Trinajstić information content (AvgIpc) is 3.26.